The van der Waals surface area contributed by atoms with E-state index in [9.17, 15) is 22.4 Å². The predicted molar refractivity (Wildman–Crippen MR) is 73.0 cm³/mol. The van der Waals surface area contributed by atoms with Crippen molar-refractivity contribution in [3.63, 3.8) is 0 Å². The van der Waals surface area contributed by atoms with E-state index in [2.05, 4.69) is 4.99 Å². The van der Waals surface area contributed by atoms with Crippen molar-refractivity contribution in [2.75, 3.05) is 0 Å². The summed E-state index contributed by atoms with van der Waals surface area (Å²) in [4.78, 5) is 16.3. The van der Waals surface area contributed by atoms with E-state index in [1.165, 1.54) is 36.4 Å². The Morgan fingerprint density at radius 1 is 1.00 bits per heavy atom. The zero-order chi connectivity index (χ0) is 15.9. The van der Waals surface area contributed by atoms with E-state index in [4.69, 9.17) is 0 Å². The number of carbonyl (C=O) groups is 1. The Balaban J connectivity index is 2.13. The topological polar surface area (TPSA) is 29.4 Å². The monoisotopic (exact) mass is 307 g/mol. The second kappa shape index (κ2) is 5.05. The van der Waals surface area contributed by atoms with Gasteiger partial charge in [0.25, 0.3) is 0 Å². The van der Waals surface area contributed by atoms with Crippen LogP contribution in [-0.4, -0.2) is 11.5 Å². The number of aliphatic imine (C=N–C) groups is 1. The minimum Gasteiger partial charge on any atom is -0.294 e. The summed E-state index contributed by atoms with van der Waals surface area (Å²) in [5, 5.41) is 0. The molecule has 0 aromatic heterocycles. The van der Waals surface area contributed by atoms with Gasteiger partial charge in [-0.05, 0) is 29.8 Å². The van der Waals surface area contributed by atoms with Crippen LogP contribution in [-0.2, 0) is 6.18 Å². The fourth-order valence-electron chi connectivity index (χ4n) is 2.40. The smallest absolute Gasteiger partial charge is 0.294 e. The molecule has 0 saturated heterocycles. The van der Waals surface area contributed by atoms with Crippen molar-refractivity contribution in [1.82, 2.24) is 0 Å². The van der Waals surface area contributed by atoms with Crippen molar-refractivity contribution >= 4 is 17.2 Å². The Labute approximate surface area is 123 Å². The number of rotatable bonds is 1. The number of Topliss-reactive ketones (excluding diaryl/α,β-unsaturated/α-hetero) is 1. The lowest BCUT2D eigenvalue weighted by molar-refractivity contribution is -0.137. The lowest BCUT2D eigenvalue weighted by atomic mass is 9.92. The van der Waals surface area contributed by atoms with E-state index in [-0.39, 0.29) is 12.1 Å². The third-order valence-corrected chi connectivity index (χ3v) is 3.39. The maximum Gasteiger partial charge on any atom is 0.417 e. The van der Waals surface area contributed by atoms with Crippen LogP contribution in [0.15, 0.2) is 47.5 Å². The van der Waals surface area contributed by atoms with E-state index in [0.717, 1.165) is 6.07 Å². The van der Waals surface area contributed by atoms with Gasteiger partial charge in [-0.2, -0.15) is 13.2 Å². The highest BCUT2D eigenvalue weighted by molar-refractivity contribution is 6.21. The molecule has 2 aromatic rings. The summed E-state index contributed by atoms with van der Waals surface area (Å²) in [5.74, 6) is -1.08. The first-order valence-electron chi connectivity index (χ1n) is 6.43. The van der Waals surface area contributed by atoms with E-state index < -0.39 is 28.9 Å². The summed E-state index contributed by atoms with van der Waals surface area (Å²) < 4.78 is 51.8. The number of ketones is 1. The fraction of sp³-hybridized carbons (Fsp3) is 0.125. The normalized spacial score (nSPS) is 14.5. The number of hydrogen-bond acceptors (Lipinski definition) is 2. The molecular weight excluding hydrogens is 298 g/mol. The summed E-state index contributed by atoms with van der Waals surface area (Å²) >= 11 is 0. The summed E-state index contributed by atoms with van der Waals surface area (Å²) in [6, 6.07) is 8.76. The molecule has 0 N–H and O–H groups in total. The van der Waals surface area contributed by atoms with Gasteiger partial charge in [0.15, 0.2) is 5.78 Å². The highest BCUT2D eigenvalue weighted by Crippen LogP contribution is 2.38. The predicted octanol–water partition coefficient (Wildman–Crippen LogP) is 4.55. The first-order valence-corrected chi connectivity index (χ1v) is 6.43. The summed E-state index contributed by atoms with van der Waals surface area (Å²) in [6.45, 7) is 0. The molecule has 0 radical (unpaired) electrons. The van der Waals surface area contributed by atoms with Gasteiger partial charge in [-0.1, -0.05) is 18.2 Å². The van der Waals surface area contributed by atoms with E-state index >= 15 is 0 Å². The van der Waals surface area contributed by atoms with Crippen molar-refractivity contribution in [3.05, 3.63) is 65.0 Å². The molecule has 0 unspecified atom stereocenters. The molecule has 2 nitrogen and oxygen atoms in total. The number of halogens is 4. The molecule has 0 saturated carbocycles. The minimum absolute atomic E-state index is 0.00889. The molecule has 0 atom stereocenters. The van der Waals surface area contributed by atoms with Crippen LogP contribution in [0.4, 0.5) is 23.2 Å². The van der Waals surface area contributed by atoms with Crippen LogP contribution >= 0.6 is 0 Å². The first kappa shape index (κ1) is 14.4. The van der Waals surface area contributed by atoms with Crippen LogP contribution in [0.5, 0.6) is 0 Å². The number of carbonyl (C=O) groups excluding carboxylic acids is 1. The average Bonchev–Trinajstić information content (AvgIpc) is 2.46. The molecule has 112 valence electrons. The molecule has 1 aliphatic heterocycles. The molecule has 0 fully saturated rings. The number of fused-ring (bicyclic) bond motifs is 1. The third-order valence-electron chi connectivity index (χ3n) is 3.39. The maximum absolute atomic E-state index is 13.0. The van der Waals surface area contributed by atoms with Crippen molar-refractivity contribution in [1.29, 1.82) is 0 Å². The van der Waals surface area contributed by atoms with Crippen molar-refractivity contribution in [2.45, 2.75) is 12.6 Å². The molecule has 3 rings (SSSR count). The Morgan fingerprint density at radius 2 is 1.68 bits per heavy atom. The second-order valence-corrected chi connectivity index (χ2v) is 4.86. The number of alkyl halides is 3. The molecule has 1 aliphatic rings. The lowest BCUT2D eigenvalue weighted by Gasteiger charge is -2.19. The Kier molecular flexibility index (Phi) is 3.31. The maximum atomic E-state index is 13.0. The molecule has 0 aliphatic carbocycles. The minimum atomic E-state index is -4.61. The van der Waals surface area contributed by atoms with Gasteiger partial charge in [0.05, 0.1) is 28.9 Å². The van der Waals surface area contributed by atoms with Gasteiger partial charge < -0.3 is 0 Å². The van der Waals surface area contributed by atoms with E-state index in [1.54, 1.807) is 0 Å². The fourth-order valence-corrected chi connectivity index (χ4v) is 2.40. The third kappa shape index (κ3) is 2.52. The second-order valence-electron chi connectivity index (χ2n) is 4.86. The van der Waals surface area contributed by atoms with Crippen molar-refractivity contribution < 1.29 is 22.4 Å². The van der Waals surface area contributed by atoms with Gasteiger partial charge in [0.2, 0.25) is 0 Å². The van der Waals surface area contributed by atoms with E-state index in [0.29, 0.717) is 11.3 Å². The molecule has 0 bridgehead atoms. The molecule has 22 heavy (non-hydrogen) atoms. The Morgan fingerprint density at radius 3 is 2.32 bits per heavy atom. The van der Waals surface area contributed by atoms with Gasteiger partial charge in [-0.3, -0.25) is 9.79 Å². The molecule has 6 heteroatoms. The van der Waals surface area contributed by atoms with Crippen LogP contribution in [0.2, 0.25) is 0 Å². The first-order chi connectivity index (χ1) is 10.4. The number of hydrogen-bond donors (Lipinski definition) is 0. The molecule has 1 heterocycles. The highest BCUT2D eigenvalue weighted by Gasteiger charge is 2.37. The summed E-state index contributed by atoms with van der Waals surface area (Å²) in [7, 11) is 0. The van der Waals surface area contributed by atoms with Crippen LogP contribution in [0.25, 0.3) is 0 Å². The SMILES string of the molecule is O=C1CC(c2ccc(F)cc2)=Nc2cccc(C(F)(F)F)c21. The number of nitrogens with zero attached hydrogens (tertiary/aromatic N) is 1. The van der Waals surface area contributed by atoms with Crippen molar-refractivity contribution in [2.24, 2.45) is 4.99 Å². The zero-order valence-electron chi connectivity index (χ0n) is 11.1. The van der Waals surface area contributed by atoms with Crippen molar-refractivity contribution in [3.8, 4) is 0 Å². The largest absolute Gasteiger partial charge is 0.417 e. The quantitative estimate of drug-likeness (QED) is 0.711. The molecule has 0 spiro atoms. The molecular formula is C16H9F4NO. The van der Waals surface area contributed by atoms with Gasteiger partial charge in [-0.25, -0.2) is 4.39 Å². The average molecular weight is 307 g/mol. The van der Waals surface area contributed by atoms with Crippen LogP contribution in [0.1, 0.15) is 27.9 Å². The highest BCUT2D eigenvalue weighted by atomic mass is 19.4. The zero-order valence-corrected chi connectivity index (χ0v) is 11.1. The Bertz CT molecular complexity index is 776. The Hall–Kier alpha value is -2.50. The molecule has 0 amide bonds. The lowest BCUT2D eigenvalue weighted by Crippen LogP contribution is -2.19. The van der Waals surface area contributed by atoms with Crippen LogP contribution < -0.4 is 0 Å². The van der Waals surface area contributed by atoms with Crippen LogP contribution in [0.3, 0.4) is 0 Å². The summed E-state index contributed by atoms with van der Waals surface area (Å²) in [5.41, 5.74) is -0.544. The van der Waals surface area contributed by atoms with Gasteiger partial charge in [-0.15, -0.1) is 0 Å². The standard InChI is InChI=1S/C16H9F4NO/c17-10-6-4-9(5-7-10)13-8-14(22)15-11(16(18,19)20)2-1-3-12(15)21-13/h1-7H,8H2. The molecule has 2 aromatic carbocycles. The van der Waals surface area contributed by atoms with Gasteiger partial charge in [0.1, 0.15) is 5.82 Å². The van der Waals surface area contributed by atoms with Crippen LogP contribution in [0, 0.1) is 5.82 Å². The van der Waals surface area contributed by atoms with Gasteiger partial charge in [0, 0.05) is 0 Å². The number of benzene rings is 2. The van der Waals surface area contributed by atoms with Gasteiger partial charge >= 0.3 is 6.18 Å². The van der Waals surface area contributed by atoms with E-state index in [1.807, 2.05) is 0 Å². The summed E-state index contributed by atoms with van der Waals surface area (Å²) in [6.07, 6.45) is -4.85.